The summed E-state index contributed by atoms with van der Waals surface area (Å²) in [4.78, 5) is 15.6. The summed E-state index contributed by atoms with van der Waals surface area (Å²) in [5, 5.41) is 14.4. The van der Waals surface area contributed by atoms with Crippen LogP contribution < -0.4 is 5.32 Å². The fourth-order valence-corrected chi connectivity index (χ4v) is 2.88. The second kappa shape index (κ2) is 4.78. The first-order chi connectivity index (χ1) is 9.65. The lowest BCUT2D eigenvalue weighted by Gasteiger charge is -2.42. The molecule has 1 aromatic carbocycles. The number of aromatic nitrogens is 1. The summed E-state index contributed by atoms with van der Waals surface area (Å²) in [6.45, 7) is 2.18. The zero-order valence-corrected chi connectivity index (χ0v) is 11.5. The predicted molar refractivity (Wildman–Crippen MR) is 79.2 cm³/mol. The number of carboxylic acid groups (broad SMARTS) is 1. The molecule has 1 aliphatic rings. The van der Waals surface area contributed by atoms with Gasteiger partial charge in [-0.25, -0.2) is 9.78 Å². The van der Waals surface area contributed by atoms with Crippen molar-refractivity contribution in [2.24, 2.45) is 0 Å². The topological polar surface area (TPSA) is 62.2 Å². The van der Waals surface area contributed by atoms with E-state index in [0.717, 1.165) is 35.9 Å². The molecule has 0 radical (unpaired) electrons. The summed E-state index contributed by atoms with van der Waals surface area (Å²) in [7, 11) is 0. The van der Waals surface area contributed by atoms with Crippen molar-refractivity contribution >= 4 is 22.6 Å². The molecule has 0 unspecified atom stereocenters. The summed E-state index contributed by atoms with van der Waals surface area (Å²) < 4.78 is 0. The Morgan fingerprint density at radius 2 is 2.05 bits per heavy atom. The summed E-state index contributed by atoms with van der Waals surface area (Å²) in [6, 6.07) is 7.54. The lowest BCUT2D eigenvalue weighted by atomic mass is 9.75. The average molecular weight is 270 g/mol. The number of hydrogen-bond acceptors (Lipinski definition) is 3. The lowest BCUT2D eigenvalue weighted by Crippen LogP contribution is -2.44. The number of carboxylic acids is 1. The van der Waals surface area contributed by atoms with Gasteiger partial charge in [-0.1, -0.05) is 31.2 Å². The number of nitrogens with one attached hydrogen (secondary N) is 1. The lowest BCUT2D eigenvalue weighted by molar-refractivity contribution is 0.0698. The van der Waals surface area contributed by atoms with Crippen LogP contribution >= 0.6 is 0 Å². The number of benzene rings is 1. The van der Waals surface area contributed by atoms with E-state index in [0.29, 0.717) is 0 Å². The van der Waals surface area contributed by atoms with Gasteiger partial charge in [-0.05, 0) is 25.7 Å². The minimum Gasteiger partial charge on any atom is -0.478 e. The first kappa shape index (κ1) is 12.9. The summed E-state index contributed by atoms with van der Waals surface area (Å²) in [5.41, 5.74) is 0.394. The Bertz CT molecular complexity index is 657. The van der Waals surface area contributed by atoms with Crippen molar-refractivity contribution in [2.45, 2.75) is 38.1 Å². The van der Waals surface area contributed by atoms with Crippen LogP contribution in [0.1, 0.15) is 43.0 Å². The number of nitrogens with zero attached hydrogens (tertiary/aromatic N) is 1. The average Bonchev–Trinajstić information content (AvgIpc) is 2.42. The van der Waals surface area contributed by atoms with E-state index in [9.17, 15) is 9.90 Å². The Morgan fingerprint density at radius 3 is 2.60 bits per heavy atom. The van der Waals surface area contributed by atoms with Crippen molar-refractivity contribution < 1.29 is 9.90 Å². The van der Waals surface area contributed by atoms with Crippen LogP contribution in [-0.4, -0.2) is 21.6 Å². The van der Waals surface area contributed by atoms with Crippen LogP contribution in [0.5, 0.6) is 0 Å². The van der Waals surface area contributed by atoms with E-state index >= 15 is 0 Å². The van der Waals surface area contributed by atoms with Gasteiger partial charge in [-0.2, -0.15) is 0 Å². The Morgan fingerprint density at radius 1 is 1.35 bits per heavy atom. The SMILES string of the molecule is CCC1(Nc2ncc(C(=O)O)c3ccccc23)CCC1. The Kier molecular flexibility index (Phi) is 3.08. The normalized spacial score (nSPS) is 16.6. The second-order valence-corrected chi connectivity index (χ2v) is 5.48. The standard InChI is InChI=1S/C16H18N2O2/c1-2-16(8-5-9-16)18-14-12-7-4-3-6-11(12)13(10-17-14)15(19)20/h3-4,6-7,10H,2,5,8-9H2,1H3,(H,17,18)(H,19,20). The highest BCUT2D eigenvalue weighted by molar-refractivity contribution is 6.06. The summed E-state index contributed by atoms with van der Waals surface area (Å²) >= 11 is 0. The van der Waals surface area contributed by atoms with E-state index in [1.165, 1.54) is 12.6 Å². The van der Waals surface area contributed by atoms with E-state index in [1.54, 1.807) is 0 Å². The zero-order valence-electron chi connectivity index (χ0n) is 11.5. The van der Waals surface area contributed by atoms with Crippen LogP contribution in [0.25, 0.3) is 10.8 Å². The maximum Gasteiger partial charge on any atom is 0.337 e. The Balaban J connectivity index is 2.08. The van der Waals surface area contributed by atoms with Gasteiger partial charge < -0.3 is 10.4 Å². The van der Waals surface area contributed by atoms with Gasteiger partial charge in [0, 0.05) is 22.5 Å². The molecule has 4 heteroatoms. The van der Waals surface area contributed by atoms with Crippen molar-refractivity contribution in [3.05, 3.63) is 36.0 Å². The third-order valence-electron chi connectivity index (χ3n) is 4.40. The molecule has 0 bridgehead atoms. The number of anilines is 1. The van der Waals surface area contributed by atoms with Gasteiger partial charge in [0.05, 0.1) is 5.56 Å². The number of carbonyl (C=O) groups is 1. The predicted octanol–water partition coefficient (Wildman–Crippen LogP) is 3.68. The molecular weight excluding hydrogens is 252 g/mol. The van der Waals surface area contributed by atoms with Crippen LogP contribution in [0.2, 0.25) is 0 Å². The molecule has 1 heterocycles. The van der Waals surface area contributed by atoms with Crippen molar-refractivity contribution in [1.82, 2.24) is 4.98 Å². The van der Waals surface area contributed by atoms with Crippen LogP contribution in [0, 0.1) is 0 Å². The van der Waals surface area contributed by atoms with Crippen LogP contribution in [0.3, 0.4) is 0 Å². The number of rotatable bonds is 4. The fourth-order valence-electron chi connectivity index (χ4n) is 2.88. The van der Waals surface area contributed by atoms with Gasteiger partial charge in [-0.15, -0.1) is 0 Å². The number of pyridine rings is 1. The van der Waals surface area contributed by atoms with Crippen molar-refractivity contribution in [3.63, 3.8) is 0 Å². The highest BCUT2D eigenvalue weighted by Gasteiger charge is 2.35. The van der Waals surface area contributed by atoms with Gasteiger partial charge >= 0.3 is 5.97 Å². The Labute approximate surface area is 117 Å². The van der Waals surface area contributed by atoms with E-state index in [2.05, 4.69) is 17.2 Å². The molecule has 2 aromatic rings. The third-order valence-corrected chi connectivity index (χ3v) is 4.40. The molecule has 1 aliphatic carbocycles. The van der Waals surface area contributed by atoms with Gasteiger partial charge in [0.25, 0.3) is 0 Å². The van der Waals surface area contributed by atoms with Crippen molar-refractivity contribution in [1.29, 1.82) is 0 Å². The largest absolute Gasteiger partial charge is 0.478 e. The molecule has 4 nitrogen and oxygen atoms in total. The van der Waals surface area contributed by atoms with Crippen LogP contribution in [0.15, 0.2) is 30.5 Å². The number of aromatic carboxylic acids is 1. The van der Waals surface area contributed by atoms with Crippen molar-refractivity contribution in [3.8, 4) is 0 Å². The van der Waals surface area contributed by atoms with Crippen LogP contribution in [0.4, 0.5) is 5.82 Å². The first-order valence-electron chi connectivity index (χ1n) is 7.04. The molecule has 0 saturated heterocycles. The first-order valence-corrected chi connectivity index (χ1v) is 7.04. The van der Waals surface area contributed by atoms with Gasteiger partial charge in [0.1, 0.15) is 5.82 Å². The number of hydrogen-bond donors (Lipinski definition) is 2. The van der Waals surface area contributed by atoms with Gasteiger partial charge in [-0.3, -0.25) is 0 Å². The highest BCUT2D eigenvalue weighted by atomic mass is 16.4. The van der Waals surface area contributed by atoms with E-state index in [4.69, 9.17) is 0 Å². The summed E-state index contributed by atoms with van der Waals surface area (Å²) in [6.07, 6.45) is 6.06. The maximum absolute atomic E-state index is 11.3. The third kappa shape index (κ3) is 2.01. The molecule has 0 atom stereocenters. The molecule has 1 fully saturated rings. The molecule has 104 valence electrons. The molecule has 3 rings (SSSR count). The van der Waals surface area contributed by atoms with E-state index in [1.807, 2.05) is 24.3 Å². The Hall–Kier alpha value is -2.10. The molecule has 1 aromatic heterocycles. The quantitative estimate of drug-likeness (QED) is 0.889. The van der Waals surface area contributed by atoms with Gasteiger partial charge in [0.15, 0.2) is 0 Å². The molecule has 1 saturated carbocycles. The van der Waals surface area contributed by atoms with Crippen LogP contribution in [-0.2, 0) is 0 Å². The summed E-state index contributed by atoms with van der Waals surface area (Å²) in [5.74, 6) is -0.138. The molecule has 0 amide bonds. The molecular formula is C16H18N2O2. The van der Waals surface area contributed by atoms with Gasteiger partial charge in [0.2, 0.25) is 0 Å². The fraction of sp³-hybridized carbons (Fsp3) is 0.375. The minimum absolute atomic E-state index is 0.139. The molecule has 20 heavy (non-hydrogen) atoms. The monoisotopic (exact) mass is 270 g/mol. The minimum atomic E-state index is -0.936. The van der Waals surface area contributed by atoms with E-state index in [-0.39, 0.29) is 11.1 Å². The molecule has 0 aliphatic heterocycles. The van der Waals surface area contributed by atoms with E-state index < -0.39 is 5.97 Å². The van der Waals surface area contributed by atoms with Crippen molar-refractivity contribution in [2.75, 3.05) is 5.32 Å². The number of fused-ring (bicyclic) bond motifs is 1. The molecule has 2 N–H and O–H groups in total. The maximum atomic E-state index is 11.3. The molecule has 0 spiro atoms. The highest BCUT2D eigenvalue weighted by Crippen LogP contribution is 2.39. The zero-order chi connectivity index (χ0) is 14.2. The smallest absolute Gasteiger partial charge is 0.337 e. The second-order valence-electron chi connectivity index (χ2n) is 5.48.